The molecule has 0 bridgehead atoms. The number of hydrogen-bond acceptors (Lipinski definition) is 2. The van der Waals surface area contributed by atoms with E-state index >= 15 is 0 Å². The SMILES string of the molecule is CNC1(CC(=O)NC(C)c2cccc(Br)c2)CCCCC1. The van der Waals surface area contributed by atoms with Crippen LogP contribution in [-0.4, -0.2) is 18.5 Å². The number of rotatable bonds is 5. The van der Waals surface area contributed by atoms with E-state index in [0.29, 0.717) is 6.42 Å². The highest BCUT2D eigenvalue weighted by atomic mass is 79.9. The van der Waals surface area contributed by atoms with E-state index in [9.17, 15) is 4.79 Å². The van der Waals surface area contributed by atoms with Crippen LogP contribution in [0.2, 0.25) is 0 Å². The highest BCUT2D eigenvalue weighted by molar-refractivity contribution is 9.10. The third-order valence-corrected chi connectivity index (χ3v) is 5.06. The standard InChI is InChI=1S/C17H25BrN2O/c1-13(14-7-6-8-15(18)11-14)20-16(21)12-17(19-2)9-4-3-5-10-17/h6-8,11,13,19H,3-5,9-10,12H2,1-2H3,(H,20,21). The van der Waals surface area contributed by atoms with Gasteiger partial charge in [-0.3, -0.25) is 4.79 Å². The quantitative estimate of drug-likeness (QED) is 0.842. The second-order valence-electron chi connectivity index (χ2n) is 6.11. The number of amides is 1. The zero-order valence-corrected chi connectivity index (χ0v) is 14.5. The maximum Gasteiger partial charge on any atom is 0.222 e. The number of carbonyl (C=O) groups excluding carboxylic acids is 1. The van der Waals surface area contributed by atoms with Gasteiger partial charge in [-0.05, 0) is 44.5 Å². The highest BCUT2D eigenvalue weighted by Gasteiger charge is 2.32. The first kappa shape index (κ1) is 16.5. The molecule has 1 aromatic rings. The van der Waals surface area contributed by atoms with Crippen LogP contribution in [0.5, 0.6) is 0 Å². The molecular formula is C17H25BrN2O. The first-order valence-corrected chi connectivity index (χ1v) is 8.58. The molecule has 0 spiro atoms. The molecule has 1 amide bonds. The fourth-order valence-corrected chi connectivity index (χ4v) is 3.62. The highest BCUT2D eigenvalue weighted by Crippen LogP contribution is 2.31. The Labute approximate surface area is 136 Å². The maximum atomic E-state index is 12.4. The van der Waals surface area contributed by atoms with Gasteiger partial charge in [-0.25, -0.2) is 0 Å². The van der Waals surface area contributed by atoms with Gasteiger partial charge in [0, 0.05) is 16.4 Å². The summed E-state index contributed by atoms with van der Waals surface area (Å²) >= 11 is 3.47. The number of nitrogens with one attached hydrogen (secondary N) is 2. The van der Waals surface area contributed by atoms with E-state index in [1.165, 1.54) is 19.3 Å². The van der Waals surface area contributed by atoms with Crippen molar-refractivity contribution in [3.63, 3.8) is 0 Å². The molecule has 0 aromatic heterocycles. The minimum absolute atomic E-state index is 0.000670. The normalized spacial score (nSPS) is 19.0. The summed E-state index contributed by atoms with van der Waals surface area (Å²) < 4.78 is 1.04. The Kier molecular flexibility index (Phi) is 5.82. The van der Waals surface area contributed by atoms with Crippen molar-refractivity contribution < 1.29 is 4.79 Å². The molecule has 1 aliphatic rings. The predicted molar refractivity (Wildman–Crippen MR) is 90.2 cm³/mol. The van der Waals surface area contributed by atoms with Gasteiger partial charge in [-0.1, -0.05) is 47.3 Å². The lowest BCUT2D eigenvalue weighted by Gasteiger charge is -2.37. The van der Waals surface area contributed by atoms with Crippen LogP contribution in [0.4, 0.5) is 0 Å². The Hall–Kier alpha value is -0.870. The van der Waals surface area contributed by atoms with Crippen molar-refractivity contribution in [1.29, 1.82) is 0 Å². The molecule has 1 atom stereocenters. The van der Waals surface area contributed by atoms with Crippen molar-refractivity contribution in [2.24, 2.45) is 0 Å². The molecule has 2 N–H and O–H groups in total. The van der Waals surface area contributed by atoms with Gasteiger partial charge in [0.15, 0.2) is 0 Å². The average molecular weight is 353 g/mol. The van der Waals surface area contributed by atoms with Crippen LogP contribution in [-0.2, 0) is 4.79 Å². The summed E-state index contributed by atoms with van der Waals surface area (Å²) in [7, 11) is 1.98. The van der Waals surface area contributed by atoms with E-state index in [2.05, 4.69) is 32.6 Å². The molecule has 1 aliphatic carbocycles. The van der Waals surface area contributed by atoms with Crippen LogP contribution in [0.15, 0.2) is 28.7 Å². The lowest BCUT2D eigenvalue weighted by molar-refractivity contribution is -0.123. The molecule has 1 aromatic carbocycles. The van der Waals surface area contributed by atoms with Crippen molar-refractivity contribution in [2.75, 3.05) is 7.05 Å². The molecule has 1 unspecified atom stereocenters. The number of carbonyl (C=O) groups is 1. The maximum absolute atomic E-state index is 12.4. The molecule has 0 radical (unpaired) electrons. The monoisotopic (exact) mass is 352 g/mol. The lowest BCUT2D eigenvalue weighted by Crippen LogP contribution is -2.48. The first-order valence-electron chi connectivity index (χ1n) is 7.78. The van der Waals surface area contributed by atoms with E-state index < -0.39 is 0 Å². The van der Waals surface area contributed by atoms with Crippen LogP contribution in [0, 0.1) is 0 Å². The van der Waals surface area contributed by atoms with E-state index in [1.54, 1.807) is 0 Å². The Bertz CT molecular complexity index is 483. The lowest BCUT2D eigenvalue weighted by atomic mass is 9.79. The minimum Gasteiger partial charge on any atom is -0.350 e. The van der Waals surface area contributed by atoms with Gasteiger partial charge in [0.25, 0.3) is 0 Å². The molecule has 4 heteroatoms. The van der Waals surface area contributed by atoms with E-state index in [-0.39, 0.29) is 17.5 Å². The molecule has 21 heavy (non-hydrogen) atoms. The summed E-state index contributed by atoms with van der Waals surface area (Å²) in [6.07, 6.45) is 6.50. The molecule has 1 saturated carbocycles. The van der Waals surface area contributed by atoms with Crippen molar-refractivity contribution in [3.05, 3.63) is 34.3 Å². The van der Waals surface area contributed by atoms with Gasteiger partial charge in [0.2, 0.25) is 5.91 Å². The Morgan fingerprint density at radius 1 is 1.33 bits per heavy atom. The van der Waals surface area contributed by atoms with Crippen LogP contribution in [0.25, 0.3) is 0 Å². The third-order valence-electron chi connectivity index (χ3n) is 4.57. The van der Waals surface area contributed by atoms with Crippen molar-refractivity contribution in [1.82, 2.24) is 10.6 Å². The topological polar surface area (TPSA) is 41.1 Å². The summed E-state index contributed by atoms with van der Waals surface area (Å²) in [5, 5.41) is 6.53. The average Bonchev–Trinajstić information content (AvgIpc) is 2.48. The second kappa shape index (κ2) is 7.41. The number of halogens is 1. The summed E-state index contributed by atoms with van der Waals surface area (Å²) in [6.45, 7) is 2.03. The van der Waals surface area contributed by atoms with E-state index in [0.717, 1.165) is 22.9 Å². The van der Waals surface area contributed by atoms with Crippen LogP contribution in [0.1, 0.15) is 57.1 Å². The molecule has 0 saturated heterocycles. The van der Waals surface area contributed by atoms with Gasteiger partial charge in [0.1, 0.15) is 0 Å². The third kappa shape index (κ3) is 4.55. The predicted octanol–water partition coefficient (Wildman–Crippen LogP) is 3.94. The molecule has 116 valence electrons. The van der Waals surface area contributed by atoms with Crippen molar-refractivity contribution in [2.45, 2.75) is 57.0 Å². The molecule has 3 nitrogen and oxygen atoms in total. The fourth-order valence-electron chi connectivity index (χ4n) is 3.20. The number of hydrogen-bond donors (Lipinski definition) is 2. The molecule has 2 rings (SSSR count). The Morgan fingerprint density at radius 2 is 2.05 bits per heavy atom. The fraction of sp³-hybridized carbons (Fsp3) is 0.588. The molecular weight excluding hydrogens is 328 g/mol. The largest absolute Gasteiger partial charge is 0.350 e. The smallest absolute Gasteiger partial charge is 0.222 e. The van der Waals surface area contributed by atoms with Gasteiger partial charge >= 0.3 is 0 Å². The van der Waals surface area contributed by atoms with Crippen LogP contribution in [0.3, 0.4) is 0 Å². The Morgan fingerprint density at radius 3 is 2.67 bits per heavy atom. The van der Waals surface area contributed by atoms with Gasteiger partial charge in [-0.2, -0.15) is 0 Å². The number of benzene rings is 1. The van der Waals surface area contributed by atoms with Gasteiger partial charge < -0.3 is 10.6 Å². The Balaban J connectivity index is 1.94. The molecule has 1 fully saturated rings. The summed E-state index contributed by atoms with van der Waals surface area (Å²) in [5.41, 5.74) is 1.12. The van der Waals surface area contributed by atoms with E-state index in [1.807, 2.05) is 32.2 Å². The van der Waals surface area contributed by atoms with Crippen LogP contribution >= 0.6 is 15.9 Å². The van der Waals surface area contributed by atoms with Crippen molar-refractivity contribution in [3.8, 4) is 0 Å². The molecule has 0 aliphatic heterocycles. The second-order valence-corrected chi connectivity index (χ2v) is 7.03. The first-order chi connectivity index (χ1) is 10.0. The van der Waals surface area contributed by atoms with Gasteiger partial charge in [-0.15, -0.1) is 0 Å². The summed E-state index contributed by atoms with van der Waals surface area (Å²) in [4.78, 5) is 12.4. The summed E-state index contributed by atoms with van der Waals surface area (Å²) in [5.74, 6) is 0.138. The van der Waals surface area contributed by atoms with Crippen LogP contribution < -0.4 is 10.6 Å². The van der Waals surface area contributed by atoms with Crippen molar-refractivity contribution >= 4 is 21.8 Å². The zero-order valence-electron chi connectivity index (χ0n) is 12.9. The van der Waals surface area contributed by atoms with Gasteiger partial charge in [0.05, 0.1) is 6.04 Å². The zero-order chi connectivity index (χ0) is 15.3. The molecule has 0 heterocycles. The minimum atomic E-state index is -0.000670. The van der Waals surface area contributed by atoms with E-state index in [4.69, 9.17) is 0 Å². The summed E-state index contributed by atoms with van der Waals surface area (Å²) in [6, 6.07) is 8.13.